The van der Waals surface area contributed by atoms with E-state index in [1.165, 1.54) is 19.2 Å². The van der Waals surface area contributed by atoms with E-state index in [1.807, 2.05) is 0 Å². The molecule has 0 spiro atoms. The van der Waals surface area contributed by atoms with Crippen molar-refractivity contribution in [1.29, 1.82) is 0 Å². The Morgan fingerprint density at radius 3 is 2.63 bits per heavy atom. The van der Waals surface area contributed by atoms with Crippen molar-refractivity contribution in [2.75, 3.05) is 13.7 Å². The predicted molar refractivity (Wildman–Crippen MR) is 73.9 cm³/mol. The van der Waals surface area contributed by atoms with Gasteiger partial charge in [-0.2, -0.15) is 0 Å². The number of hydrogen-bond donors (Lipinski definition) is 1. The number of rotatable bonds is 7. The first kappa shape index (κ1) is 15.6. The molecule has 2 N–H and O–H groups in total. The molecule has 0 saturated heterocycles. The van der Waals surface area contributed by atoms with Crippen molar-refractivity contribution >= 4 is 5.78 Å². The smallest absolute Gasteiger partial charge is 0.175 e. The van der Waals surface area contributed by atoms with E-state index < -0.39 is 5.82 Å². The van der Waals surface area contributed by atoms with Crippen molar-refractivity contribution in [1.82, 2.24) is 0 Å². The lowest BCUT2D eigenvalue weighted by Crippen LogP contribution is -2.20. The van der Waals surface area contributed by atoms with Crippen LogP contribution in [-0.2, 0) is 0 Å². The van der Waals surface area contributed by atoms with E-state index in [0.29, 0.717) is 12.5 Å². The molecule has 1 atom stereocenters. The summed E-state index contributed by atoms with van der Waals surface area (Å²) in [6.45, 7) is 4.61. The second kappa shape index (κ2) is 7.24. The van der Waals surface area contributed by atoms with Crippen molar-refractivity contribution in [3.05, 3.63) is 29.6 Å². The molecule has 1 aromatic carbocycles. The van der Waals surface area contributed by atoms with Gasteiger partial charge in [0, 0.05) is 6.42 Å². The molecule has 0 aliphatic heterocycles. The Labute approximate surface area is 113 Å². The molecule has 0 radical (unpaired) electrons. The Balaban J connectivity index is 2.83. The van der Waals surface area contributed by atoms with Crippen LogP contribution in [-0.4, -0.2) is 19.4 Å². The zero-order valence-corrected chi connectivity index (χ0v) is 11.8. The summed E-state index contributed by atoms with van der Waals surface area (Å²) in [4.78, 5) is 12.1. The molecule has 0 aliphatic carbocycles. The third-order valence-electron chi connectivity index (χ3n) is 3.10. The van der Waals surface area contributed by atoms with Gasteiger partial charge >= 0.3 is 0 Å². The van der Waals surface area contributed by atoms with Crippen LogP contribution in [0.4, 0.5) is 4.39 Å². The number of hydrogen-bond acceptors (Lipinski definition) is 3. The Morgan fingerprint density at radius 2 is 2.11 bits per heavy atom. The number of ketones is 1. The van der Waals surface area contributed by atoms with E-state index in [0.717, 1.165) is 6.42 Å². The number of ether oxygens (including phenoxy) is 1. The minimum absolute atomic E-state index is 0.0848. The maximum absolute atomic E-state index is 14.0. The number of halogens is 1. The predicted octanol–water partition coefficient (Wildman–Crippen LogP) is 3.03. The molecule has 0 amide bonds. The third-order valence-corrected chi connectivity index (χ3v) is 3.10. The maximum atomic E-state index is 14.0. The minimum Gasteiger partial charge on any atom is -0.494 e. The first-order chi connectivity index (χ1) is 8.99. The molecule has 3 nitrogen and oxygen atoms in total. The van der Waals surface area contributed by atoms with E-state index in [9.17, 15) is 9.18 Å². The molecule has 19 heavy (non-hydrogen) atoms. The van der Waals surface area contributed by atoms with Crippen LogP contribution in [0.5, 0.6) is 5.75 Å². The lowest BCUT2D eigenvalue weighted by molar-refractivity contribution is 0.0952. The maximum Gasteiger partial charge on any atom is 0.175 e. The monoisotopic (exact) mass is 267 g/mol. The second-order valence-corrected chi connectivity index (χ2v) is 5.18. The van der Waals surface area contributed by atoms with Gasteiger partial charge in [-0.1, -0.05) is 19.9 Å². The zero-order chi connectivity index (χ0) is 14.4. The number of Topliss-reactive ketones (excluding diaryl/α,β-unsaturated/α-hetero) is 1. The van der Waals surface area contributed by atoms with E-state index in [-0.39, 0.29) is 29.4 Å². The highest BCUT2D eigenvalue weighted by Gasteiger charge is 2.19. The second-order valence-electron chi connectivity index (χ2n) is 5.18. The van der Waals surface area contributed by atoms with Crippen LogP contribution in [0.3, 0.4) is 0 Å². The highest BCUT2D eigenvalue weighted by molar-refractivity contribution is 5.96. The number of methoxy groups -OCH3 is 1. The molecule has 1 unspecified atom stereocenters. The molecule has 4 heteroatoms. The Morgan fingerprint density at radius 1 is 1.42 bits per heavy atom. The van der Waals surface area contributed by atoms with Crippen LogP contribution in [0.15, 0.2) is 18.2 Å². The fourth-order valence-corrected chi connectivity index (χ4v) is 2.19. The average molecular weight is 267 g/mol. The van der Waals surface area contributed by atoms with Gasteiger partial charge in [0.1, 0.15) is 0 Å². The number of carbonyl (C=O) groups is 1. The van der Waals surface area contributed by atoms with E-state index >= 15 is 0 Å². The van der Waals surface area contributed by atoms with E-state index in [2.05, 4.69) is 13.8 Å². The quantitative estimate of drug-likeness (QED) is 0.773. The summed E-state index contributed by atoms with van der Waals surface area (Å²) in [6, 6.07) is 4.61. The Hall–Kier alpha value is -1.42. The van der Waals surface area contributed by atoms with Gasteiger partial charge in [0.05, 0.1) is 12.7 Å². The highest BCUT2D eigenvalue weighted by atomic mass is 19.1. The highest BCUT2D eigenvalue weighted by Crippen LogP contribution is 2.23. The minimum atomic E-state index is -0.588. The molecule has 106 valence electrons. The molecule has 0 heterocycles. The lowest BCUT2D eigenvalue weighted by atomic mass is 9.90. The number of nitrogens with two attached hydrogens (primary N) is 1. The van der Waals surface area contributed by atoms with Crippen molar-refractivity contribution < 1.29 is 13.9 Å². The van der Waals surface area contributed by atoms with Crippen LogP contribution >= 0.6 is 0 Å². The molecule has 0 saturated carbocycles. The third kappa shape index (κ3) is 4.31. The lowest BCUT2D eigenvalue weighted by Gasteiger charge is -2.16. The van der Waals surface area contributed by atoms with Crippen molar-refractivity contribution in [2.24, 2.45) is 17.6 Å². The summed E-state index contributed by atoms with van der Waals surface area (Å²) in [6.07, 6.45) is 1.15. The summed E-state index contributed by atoms with van der Waals surface area (Å²) in [7, 11) is 1.38. The van der Waals surface area contributed by atoms with Crippen LogP contribution in [0.25, 0.3) is 0 Å². The molecule has 1 rings (SSSR count). The summed E-state index contributed by atoms with van der Waals surface area (Å²) in [5.41, 5.74) is 5.76. The zero-order valence-electron chi connectivity index (χ0n) is 11.8. The standard InChI is InChI=1S/C15H22FNO2/c1-10(2)7-11(9-17)8-13(18)12-5-4-6-14(19-3)15(12)16/h4-6,10-11H,7-9,17H2,1-3H3. The summed E-state index contributed by atoms with van der Waals surface area (Å²) >= 11 is 0. The molecule has 1 aromatic rings. The summed E-state index contributed by atoms with van der Waals surface area (Å²) in [5.74, 6) is -0.142. The van der Waals surface area contributed by atoms with E-state index in [4.69, 9.17) is 10.5 Å². The first-order valence-corrected chi connectivity index (χ1v) is 6.55. The topological polar surface area (TPSA) is 52.3 Å². The largest absolute Gasteiger partial charge is 0.494 e. The summed E-state index contributed by atoms with van der Waals surface area (Å²) < 4.78 is 18.8. The molecule has 0 aromatic heterocycles. The van der Waals surface area contributed by atoms with Crippen LogP contribution in [0, 0.1) is 17.7 Å². The number of benzene rings is 1. The molecule has 0 fully saturated rings. The van der Waals surface area contributed by atoms with Crippen LogP contribution < -0.4 is 10.5 Å². The SMILES string of the molecule is COc1cccc(C(=O)CC(CN)CC(C)C)c1F. The van der Waals surface area contributed by atoms with Gasteiger partial charge in [0.2, 0.25) is 0 Å². The average Bonchev–Trinajstić information content (AvgIpc) is 2.37. The Bertz CT molecular complexity index is 432. The molecular weight excluding hydrogens is 245 g/mol. The molecular formula is C15H22FNO2. The number of carbonyl (C=O) groups excluding carboxylic acids is 1. The fraction of sp³-hybridized carbons (Fsp3) is 0.533. The fourth-order valence-electron chi connectivity index (χ4n) is 2.19. The van der Waals surface area contributed by atoms with E-state index in [1.54, 1.807) is 6.07 Å². The van der Waals surface area contributed by atoms with Gasteiger partial charge < -0.3 is 10.5 Å². The van der Waals surface area contributed by atoms with Crippen LogP contribution in [0.2, 0.25) is 0 Å². The Kier molecular flexibility index (Phi) is 5.96. The van der Waals surface area contributed by atoms with Crippen LogP contribution in [0.1, 0.15) is 37.0 Å². The van der Waals surface area contributed by atoms with Gasteiger partial charge in [0.25, 0.3) is 0 Å². The normalized spacial score (nSPS) is 12.5. The van der Waals surface area contributed by atoms with Gasteiger partial charge in [0.15, 0.2) is 17.3 Å². The van der Waals surface area contributed by atoms with Gasteiger partial charge in [-0.05, 0) is 36.9 Å². The van der Waals surface area contributed by atoms with Crippen molar-refractivity contribution in [3.63, 3.8) is 0 Å². The van der Waals surface area contributed by atoms with Crippen molar-refractivity contribution in [3.8, 4) is 5.75 Å². The van der Waals surface area contributed by atoms with Gasteiger partial charge in [-0.15, -0.1) is 0 Å². The van der Waals surface area contributed by atoms with Gasteiger partial charge in [-0.3, -0.25) is 4.79 Å². The van der Waals surface area contributed by atoms with Gasteiger partial charge in [-0.25, -0.2) is 4.39 Å². The summed E-state index contributed by atoms with van der Waals surface area (Å²) in [5, 5.41) is 0. The molecule has 0 aliphatic rings. The molecule has 0 bridgehead atoms. The van der Waals surface area contributed by atoms with Crippen molar-refractivity contribution in [2.45, 2.75) is 26.7 Å². The first-order valence-electron chi connectivity index (χ1n) is 6.55.